The lowest BCUT2D eigenvalue weighted by molar-refractivity contribution is -0.135. The van der Waals surface area contributed by atoms with Crippen molar-refractivity contribution in [2.24, 2.45) is 0 Å². The van der Waals surface area contributed by atoms with Crippen LogP contribution < -0.4 is 4.90 Å². The van der Waals surface area contributed by atoms with E-state index < -0.39 is 5.97 Å². The second kappa shape index (κ2) is 5.55. The summed E-state index contributed by atoms with van der Waals surface area (Å²) in [6.07, 6.45) is 2.19. The predicted octanol–water partition coefficient (Wildman–Crippen LogP) is 2.35. The molecule has 1 N–H and O–H groups in total. The topological polar surface area (TPSA) is 79.5 Å². The first-order valence-corrected chi connectivity index (χ1v) is 6.97. The Balaban J connectivity index is 1.77. The molecule has 0 aliphatic heterocycles. The number of hydrogen-bond acceptors (Lipinski definition) is 5. The lowest BCUT2D eigenvalue weighted by atomic mass is 10.2. The molecule has 6 nitrogen and oxygen atoms in total. The molecule has 0 spiro atoms. The van der Waals surface area contributed by atoms with Gasteiger partial charge in [-0.05, 0) is 31.9 Å². The van der Waals surface area contributed by atoms with E-state index in [4.69, 9.17) is 9.63 Å². The Hall–Kier alpha value is -2.37. The van der Waals surface area contributed by atoms with Crippen molar-refractivity contribution in [3.8, 4) is 0 Å². The number of anilines is 1. The highest BCUT2D eigenvalue weighted by atomic mass is 16.5. The maximum atomic E-state index is 11.1. The van der Waals surface area contributed by atoms with Crippen molar-refractivity contribution in [2.75, 3.05) is 11.4 Å². The fraction of sp³-hybridized carbons (Fsp3) is 0.400. The third-order valence-corrected chi connectivity index (χ3v) is 3.47. The zero-order valence-electron chi connectivity index (χ0n) is 11.8. The highest BCUT2D eigenvalue weighted by molar-refractivity contribution is 5.73. The van der Waals surface area contributed by atoms with E-state index in [0.717, 1.165) is 24.1 Å². The van der Waals surface area contributed by atoms with E-state index in [1.807, 2.05) is 31.2 Å². The van der Waals surface area contributed by atoms with E-state index in [0.29, 0.717) is 24.2 Å². The summed E-state index contributed by atoms with van der Waals surface area (Å²) < 4.78 is 5.21. The molecule has 1 aromatic carbocycles. The first-order valence-electron chi connectivity index (χ1n) is 6.97. The van der Waals surface area contributed by atoms with Gasteiger partial charge < -0.3 is 14.5 Å². The maximum absolute atomic E-state index is 11.1. The minimum absolute atomic E-state index is 0.101. The molecule has 21 heavy (non-hydrogen) atoms. The number of aromatic nitrogens is 2. The van der Waals surface area contributed by atoms with E-state index in [2.05, 4.69) is 10.1 Å². The Morgan fingerprint density at radius 3 is 2.71 bits per heavy atom. The normalized spacial score (nSPS) is 14.1. The van der Waals surface area contributed by atoms with Crippen LogP contribution in [0.1, 0.15) is 36.0 Å². The molecule has 1 aliphatic carbocycles. The van der Waals surface area contributed by atoms with Crippen molar-refractivity contribution in [1.29, 1.82) is 0 Å². The number of rotatable bonds is 6. The van der Waals surface area contributed by atoms with E-state index in [1.54, 1.807) is 4.90 Å². The predicted molar refractivity (Wildman–Crippen MR) is 76.1 cm³/mol. The number of carboxylic acids is 1. The van der Waals surface area contributed by atoms with E-state index in [-0.39, 0.29) is 6.54 Å². The molecular formula is C15H17N3O3. The van der Waals surface area contributed by atoms with Gasteiger partial charge in [-0.25, -0.2) is 0 Å². The molecule has 2 aromatic rings. The Labute approximate surface area is 122 Å². The summed E-state index contributed by atoms with van der Waals surface area (Å²) in [6, 6.07) is 7.71. The molecule has 6 heteroatoms. The largest absolute Gasteiger partial charge is 0.480 e. The van der Waals surface area contributed by atoms with Crippen molar-refractivity contribution < 1.29 is 14.4 Å². The van der Waals surface area contributed by atoms with Gasteiger partial charge >= 0.3 is 5.97 Å². The minimum atomic E-state index is -0.888. The maximum Gasteiger partial charge on any atom is 0.323 e. The average molecular weight is 287 g/mol. The van der Waals surface area contributed by atoms with E-state index >= 15 is 0 Å². The lowest BCUT2D eigenvalue weighted by Crippen LogP contribution is -2.29. The number of hydrogen-bond donors (Lipinski definition) is 1. The Bertz CT molecular complexity index is 632. The van der Waals surface area contributed by atoms with Crippen molar-refractivity contribution in [3.05, 3.63) is 41.5 Å². The van der Waals surface area contributed by atoms with Gasteiger partial charge in [-0.15, -0.1) is 0 Å². The van der Waals surface area contributed by atoms with Crippen LogP contribution in [0.5, 0.6) is 0 Å². The molecule has 0 amide bonds. The van der Waals surface area contributed by atoms with Crippen LogP contribution in [-0.4, -0.2) is 27.8 Å². The molecule has 0 radical (unpaired) electrons. The second-order valence-corrected chi connectivity index (χ2v) is 5.41. The Morgan fingerprint density at radius 1 is 1.38 bits per heavy atom. The van der Waals surface area contributed by atoms with Gasteiger partial charge in [0.1, 0.15) is 6.54 Å². The summed E-state index contributed by atoms with van der Waals surface area (Å²) in [6.45, 7) is 2.22. The molecule has 1 saturated carbocycles. The molecule has 0 bridgehead atoms. The zero-order chi connectivity index (χ0) is 14.8. The SMILES string of the molecule is Cc1ccc(N(CC(=O)O)Cc2noc(C3CC3)n2)cc1. The van der Waals surface area contributed by atoms with Gasteiger partial charge in [-0.1, -0.05) is 22.9 Å². The fourth-order valence-electron chi connectivity index (χ4n) is 2.16. The fourth-order valence-corrected chi connectivity index (χ4v) is 2.16. The van der Waals surface area contributed by atoms with Gasteiger partial charge in [0.25, 0.3) is 0 Å². The second-order valence-electron chi connectivity index (χ2n) is 5.41. The summed E-state index contributed by atoms with van der Waals surface area (Å²) in [5, 5.41) is 13.0. The monoisotopic (exact) mass is 287 g/mol. The van der Waals surface area contributed by atoms with Gasteiger partial charge in [0.05, 0.1) is 6.54 Å². The molecule has 1 aromatic heterocycles. The smallest absolute Gasteiger partial charge is 0.323 e. The lowest BCUT2D eigenvalue weighted by Gasteiger charge is -2.21. The van der Waals surface area contributed by atoms with Gasteiger partial charge in [0.15, 0.2) is 5.82 Å². The highest BCUT2D eigenvalue weighted by Crippen LogP contribution is 2.38. The van der Waals surface area contributed by atoms with Crippen LogP contribution in [0.4, 0.5) is 5.69 Å². The zero-order valence-corrected chi connectivity index (χ0v) is 11.8. The van der Waals surface area contributed by atoms with Crippen LogP contribution in [-0.2, 0) is 11.3 Å². The van der Waals surface area contributed by atoms with Crippen molar-refractivity contribution in [1.82, 2.24) is 10.1 Å². The number of aryl methyl sites for hydroxylation is 1. The van der Waals surface area contributed by atoms with Gasteiger partial charge in [0.2, 0.25) is 5.89 Å². The molecule has 110 valence electrons. The summed E-state index contributed by atoms with van der Waals surface area (Å²) in [4.78, 5) is 17.1. The van der Waals surface area contributed by atoms with E-state index in [1.165, 1.54) is 0 Å². The van der Waals surface area contributed by atoms with Crippen LogP contribution in [0.3, 0.4) is 0 Å². The molecule has 0 saturated heterocycles. The van der Waals surface area contributed by atoms with Crippen LogP contribution in [0, 0.1) is 6.92 Å². The first-order chi connectivity index (χ1) is 10.1. The van der Waals surface area contributed by atoms with Crippen LogP contribution in [0.15, 0.2) is 28.8 Å². The van der Waals surface area contributed by atoms with E-state index in [9.17, 15) is 4.79 Å². The molecule has 0 atom stereocenters. The van der Waals surface area contributed by atoms with Crippen molar-refractivity contribution in [2.45, 2.75) is 32.2 Å². The van der Waals surface area contributed by atoms with Crippen molar-refractivity contribution >= 4 is 11.7 Å². The Morgan fingerprint density at radius 2 is 2.10 bits per heavy atom. The molecule has 3 rings (SSSR count). The molecular weight excluding hydrogens is 270 g/mol. The first kappa shape index (κ1) is 13.6. The summed E-state index contributed by atoms with van der Waals surface area (Å²) in [5.74, 6) is 0.711. The molecule has 1 aliphatic rings. The minimum Gasteiger partial charge on any atom is -0.480 e. The molecule has 0 unspecified atom stereocenters. The van der Waals surface area contributed by atoms with Gasteiger partial charge in [0, 0.05) is 11.6 Å². The number of carbonyl (C=O) groups is 1. The third kappa shape index (κ3) is 3.39. The summed E-state index contributed by atoms with van der Waals surface area (Å²) in [7, 11) is 0. The standard InChI is InChI=1S/C15H17N3O3/c1-10-2-6-12(7-3-10)18(9-14(19)20)8-13-16-15(21-17-13)11-4-5-11/h2-3,6-7,11H,4-5,8-9H2,1H3,(H,19,20). The quantitative estimate of drug-likeness (QED) is 0.878. The number of nitrogens with zero attached hydrogens (tertiary/aromatic N) is 3. The highest BCUT2D eigenvalue weighted by Gasteiger charge is 2.29. The summed E-state index contributed by atoms with van der Waals surface area (Å²) in [5.41, 5.74) is 1.96. The number of carboxylic acid groups (broad SMARTS) is 1. The van der Waals surface area contributed by atoms with Gasteiger partial charge in [-0.2, -0.15) is 4.98 Å². The number of benzene rings is 1. The van der Waals surface area contributed by atoms with Crippen molar-refractivity contribution in [3.63, 3.8) is 0 Å². The molecule has 1 fully saturated rings. The molecule has 1 heterocycles. The van der Waals surface area contributed by atoms with Gasteiger partial charge in [-0.3, -0.25) is 4.79 Å². The number of aliphatic carboxylic acids is 1. The Kier molecular flexibility index (Phi) is 3.60. The summed E-state index contributed by atoms with van der Waals surface area (Å²) >= 11 is 0. The van der Waals surface area contributed by atoms with Crippen LogP contribution >= 0.6 is 0 Å². The third-order valence-electron chi connectivity index (χ3n) is 3.47. The van der Waals surface area contributed by atoms with Crippen LogP contribution in [0.2, 0.25) is 0 Å². The average Bonchev–Trinajstić information content (AvgIpc) is 3.19. The van der Waals surface area contributed by atoms with Crippen LogP contribution in [0.25, 0.3) is 0 Å².